The maximum absolute atomic E-state index is 12.5. The summed E-state index contributed by atoms with van der Waals surface area (Å²) in [6.07, 6.45) is 1.56. The van der Waals surface area contributed by atoms with E-state index in [2.05, 4.69) is 20.7 Å². The van der Waals surface area contributed by atoms with Gasteiger partial charge in [0.2, 0.25) is 5.82 Å². The van der Waals surface area contributed by atoms with Gasteiger partial charge in [-0.3, -0.25) is 0 Å². The van der Waals surface area contributed by atoms with E-state index in [0.717, 1.165) is 0 Å². The lowest BCUT2D eigenvalue weighted by atomic mass is 10.2. The number of furan rings is 1. The van der Waals surface area contributed by atoms with E-state index in [0.29, 0.717) is 47.6 Å². The maximum Gasteiger partial charge on any atom is 0.336 e. The fourth-order valence-electron chi connectivity index (χ4n) is 3.00. The summed E-state index contributed by atoms with van der Waals surface area (Å²) in [5.41, 5.74) is 1.87. The average Bonchev–Trinajstić information content (AvgIpc) is 3.50. The number of rotatable bonds is 9. The predicted molar refractivity (Wildman–Crippen MR) is 122 cm³/mol. The first-order valence-electron chi connectivity index (χ1n) is 10.1. The van der Waals surface area contributed by atoms with Gasteiger partial charge < -0.3 is 29.3 Å². The minimum absolute atomic E-state index is 0.189. The van der Waals surface area contributed by atoms with Crippen molar-refractivity contribution in [2.75, 3.05) is 38.1 Å². The number of nitrogens with one attached hydrogen (secondary N) is 2. The largest absolute Gasteiger partial charge is 0.497 e. The molecule has 170 valence electrons. The van der Waals surface area contributed by atoms with E-state index in [1.165, 1.54) is 0 Å². The molecule has 0 spiro atoms. The van der Waals surface area contributed by atoms with E-state index in [1.54, 1.807) is 79.8 Å². The first kappa shape index (κ1) is 21.9. The van der Waals surface area contributed by atoms with Crippen LogP contribution in [0.3, 0.4) is 0 Å². The smallest absolute Gasteiger partial charge is 0.336 e. The summed E-state index contributed by atoms with van der Waals surface area (Å²) in [6.45, 7) is 0.721. The molecule has 0 saturated heterocycles. The summed E-state index contributed by atoms with van der Waals surface area (Å²) < 4.78 is 22.8. The van der Waals surface area contributed by atoms with Crippen molar-refractivity contribution in [1.82, 2.24) is 14.8 Å². The van der Waals surface area contributed by atoms with Gasteiger partial charge in [0.15, 0.2) is 5.76 Å². The molecule has 2 heterocycles. The quantitative estimate of drug-likeness (QED) is 0.368. The third kappa shape index (κ3) is 5.49. The number of methoxy groups -OCH3 is 2. The molecule has 2 amide bonds. The molecule has 0 aliphatic carbocycles. The molecule has 0 aliphatic rings. The number of carbonyl (C=O) groups excluding carboxylic acids is 1. The van der Waals surface area contributed by atoms with Crippen LogP contribution < -0.4 is 20.1 Å². The molecular weight excluding hydrogens is 426 g/mol. The van der Waals surface area contributed by atoms with E-state index in [1.807, 2.05) is 6.07 Å². The van der Waals surface area contributed by atoms with Crippen molar-refractivity contribution >= 4 is 17.4 Å². The number of benzene rings is 2. The second-order valence-electron chi connectivity index (χ2n) is 6.81. The Morgan fingerprint density at radius 1 is 1.00 bits per heavy atom. The van der Waals surface area contributed by atoms with Crippen molar-refractivity contribution in [3.63, 3.8) is 0 Å². The zero-order chi connectivity index (χ0) is 23.0. The molecule has 0 aliphatic heterocycles. The normalized spacial score (nSPS) is 10.6. The summed E-state index contributed by atoms with van der Waals surface area (Å²) in [6, 6.07) is 17.6. The zero-order valence-electron chi connectivity index (χ0n) is 18.1. The lowest BCUT2D eigenvalue weighted by Gasteiger charge is -2.10. The molecule has 0 radical (unpaired) electrons. The van der Waals surface area contributed by atoms with Gasteiger partial charge >= 0.3 is 12.0 Å². The van der Waals surface area contributed by atoms with Crippen LogP contribution in [0.15, 0.2) is 71.3 Å². The van der Waals surface area contributed by atoms with Gasteiger partial charge in [-0.1, -0.05) is 6.07 Å². The molecule has 4 rings (SSSR count). The van der Waals surface area contributed by atoms with Crippen molar-refractivity contribution in [1.29, 1.82) is 0 Å². The topological polar surface area (TPSA) is 113 Å². The van der Waals surface area contributed by atoms with Crippen LogP contribution in [0.1, 0.15) is 0 Å². The lowest BCUT2D eigenvalue weighted by Crippen LogP contribution is -2.19. The SMILES string of the molecule is COCCOc1nc(-c2ccco2)n(-c2cccc(NC(=O)Nc3ccc(OC)cc3)c2)n1. The van der Waals surface area contributed by atoms with Crippen LogP contribution in [-0.2, 0) is 4.74 Å². The Kier molecular flexibility index (Phi) is 6.86. The van der Waals surface area contributed by atoms with E-state index in [9.17, 15) is 4.79 Å². The Balaban J connectivity index is 1.53. The summed E-state index contributed by atoms with van der Waals surface area (Å²) >= 11 is 0. The Bertz CT molecular complexity index is 1190. The van der Waals surface area contributed by atoms with E-state index in [-0.39, 0.29) is 12.0 Å². The van der Waals surface area contributed by atoms with Crippen LogP contribution in [0.4, 0.5) is 16.2 Å². The first-order chi connectivity index (χ1) is 16.2. The molecule has 2 aromatic heterocycles. The van der Waals surface area contributed by atoms with Gasteiger partial charge in [0.25, 0.3) is 0 Å². The Hall–Kier alpha value is -4.31. The maximum atomic E-state index is 12.5. The molecule has 0 bridgehead atoms. The van der Waals surface area contributed by atoms with Crippen LogP contribution in [0.25, 0.3) is 17.3 Å². The minimum atomic E-state index is -0.384. The number of amides is 2. The van der Waals surface area contributed by atoms with Crippen LogP contribution in [0, 0.1) is 0 Å². The van der Waals surface area contributed by atoms with Crippen LogP contribution in [0.2, 0.25) is 0 Å². The first-order valence-corrected chi connectivity index (χ1v) is 10.1. The van der Waals surface area contributed by atoms with Gasteiger partial charge in [0, 0.05) is 18.5 Å². The molecule has 4 aromatic rings. The van der Waals surface area contributed by atoms with Crippen LogP contribution >= 0.6 is 0 Å². The van der Waals surface area contributed by atoms with Crippen molar-refractivity contribution in [2.24, 2.45) is 0 Å². The molecule has 2 N–H and O–H groups in total. The predicted octanol–water partition coefficient (Wildman–Crippen LogP) is 4.21. The van der Waals surface area contributed by atoms with Gasteiger partial charge in [-0.15, -0.1) is 5.10 Å². The molecule has 10 nitrogen and oxygen atoms in total. The minimum Gasteiger partial charge on any atom is -0.497 e. The number of nitrogens with zero attached hydrogens (tertiary/aromatic N) is 3. The monoisotopic (exact) mass is 449 g/mol. The van der Waals surface area contributed by atoms with Gasteiger partial charge in [-0.05, 0) is 54.6 Å². The van der Waals surface area contributed by atoms with Gasteiger partial charge in [0.05, 0.1) is 25.7 Å². The summed E-state index contributed by atoms with van der Waals surface area (Å²) in [5.74, 6) is 1.70. The number of hydrogen-bond acceptors (Lipinski definition) is 7. The fourth-order valence-corrected chi connectivity index (χ4v) is 3.00. The Morgan fingerprint density at radius 3 is 2.55 bits per heavy atom. The third-order valence-corrected chi connectivity index (χ3v) is 4.54. The van der Waals surface area contributed by atoms with Gasteiger partial charge in [-0.2, -0.15) is 4.98 Å². The highest BCUT2D eigenvalue weighted by Crippen LogP contribution is 2.25. The molecule has 2 aromatic carbocycles. The lowest BCUT2D eigenvalue weighted by molar-refractivity contribution is 0.141. The summed E-state index contributed by atoms with van der Waals surface area (Å²) in [5, 5.41) is 10.0. The van der Waals surface area contributed by atoms with Crippen molar-refractivity contribution in [3.05, 3.63) is 66.9 Å². The van der Waals surface area contributed by atoms with Crippen molar-refractivity contribution in [3.8, 4) is 29.0 Å². The molecular formula is C23H23N5O5. The van der Waals surface area contributed by atoms with Crippen molar-refractivity contribution in [2.45, 2.75) is 0 Å². The highest BCUT2D eigenvalue weighted by atomic mass is 16.5. The highest BCUT2D eigenvalue weighted by molar-refractivity contribution is 5.99. The zero-order valence-corrected chi connectivity index (χ0v) is 18.1. The second-order valence-corrected chi connectivity index (χ2v) is 6.81. The van der Waals surface area contributed by atoms with Crippen molar-refractivity contribution < 1.29 is 23.4 Å². The number of ether oxygens (including phenoxy) is 3. The molecule has 0 atom stereocenters. The van der Waals surface area contributed by atoms with E-state index >= 15 is 0 Å². The third-order valence-electron chi connectivity index (χ3n) is 4.54. The second kappa shape index (κ2) is 10.3. The van der Waals surface area contributed by atoms with Crippen LogP contribution in [0.5, 0.6) is 11.8 Å². The summed E-state index contributed by atoms with van der Waals surface area (Å²) in [7, 11) is 3.18. The molecule has 0 unspecified atom stereocenters. The van der Waals surface area contributed by atoms with Crippen LogP contribution in [-0.4, -0.2) is 48.2 Å². The van der Waals surface area contributed by atoms with E-state index in [4.69, 9.17) is 18.6 Å². The molecule has 10 heteroatoms. The number of carbonyl (C=O) groups is 1. The number of hydrogen-bond donors (Lipinski definition) is 2. The fraction of sp³-hybridized carbons (Fsp3) is 0.174. The average molecular weight is 449 g/mol. The van der Waals surface area contributed by atoms with Gasteiger partial charge in [0.1, 0.15) is 12.4 Å². The number of aromatic nitrogens is 3. The van der Waals surface area contributed by atoms with E-state index < -0.39 is 0 Å². The molecule has 33 heavy (non-hydrogen) atoms. The standard InChI is InChI=1S/C23H23N5O5/c1-30-13-14-33-23-26-21(20-7-4-12-32-20)28(27-23)18-6-3-5-17(15-18)25-22(29)24-16-8-10-19(31-2)11-9-16/h3-12,15H,13-14H2,1-2H3,(H2,24,25,29). The Morgan fingerprint density at radius 2 is 1.82 bits per heavy atom. The highest BCUT2D eigenvalue weighted by Gasteiger charge is 2.17. The number of anilines is 2. The number of urea groups is 1. The Labute approximate surface area is 190 Å². The molecule has 0 saturated carbocycles. The van der Waals surface area contributed by atoms with Gasteiger partial charge in [-0.25, -0.2) is 9.48 Å². The molecule has 0 fully saturated rings. The summed E-state index contributed by atoms with van der Waals surface area (Å²) in [4.78, 5) is 16.9.